The topological polar surface area (TPSA) is 12.0 Å². The second-order valence-corrected chi connectivity index (χ2v) is 7.24. The molecule has 2 heteroatoms. The second-order valence-electron chi connectivity index (χ2n) is 6.12. The van der Waals surface area contributed by atoms with Crippen LogP contribution in [0.15, 0.2) is 11.4 Å². The zero-order valence-electron chi connectivity index (χ0n) is 12.2. The Morgan fingerprint density at radius 3 is 2.22 bits per heavy atom. The third kappa shape index (κ3) is 2.97. The molecule has 1 saturated carbocycles. The maximum Gasteiger partial charge on any atom is 0.0357 e. The molecule has 0 bridgehead atoms. The molecule has 0 aliphatic heterocycles. The molecule has 2 rings (SSSR count). The number of thiophene rings is 1. The Balaban J connectivity index is 2.01. The molecule has 0 spiro atoms. The fourth-order valence-corrected chi connectivity index (χ4v) is 4.26. The minimum Gasteiger partial charge on any atom is -0.313 e. The summed E-state index contributed by atoms with van der Waals surface area (Å²) < 4.78 is 0. The van der Waals surface area contributed by atoms with Crippen molar-refractivity contribution in [3.05, 3.63) is 21.9 Å². The lowest BCUT2D eigenvalue weighted by Crippen LogP contribution is -2.29. The third-order valence-corrected chi connectivity index (χ3v) is 5.64. The molecule has 1 aliphatic carbocycles. The van der Waals surface area contributed by atoms with Gasteiger partial charge in [-0.2, -0.15) is 0 Å². The van der Waals surface area contributed by atoms with Crippen LogP contribution in [-0.2, 0) is 0 Å². The molecule has 1 aliphatic rings. The molecule has 102 valence electrons. The SMILES string of the molecule is CNC(c1ccsc1C)C1CCC(C(C)C)CC1. The number of hydrogen-bond donors (Lipinski definition) is 1. The van der Waals surface area contributed by atoms with Crippen LogP contribution in [0.25, 0.3) is 0 Å². The highest BCUT2D eigenvalue weighted by molar-refractivity contribution is 7.10. The highest BCUT2D eigenvalue weighted by Gasteiger charge is 2.29. The van der Waals surface area contributed by atoms with Gasteiger partial charge in [0.15, 0.2) is 0 Å². The van der Waals surface area contributed by atoms with Crippen LogP contribution in [0.5, 0.6) is 0 Å². The van der Waals surface area contributed by atoms with Gasteiger partial charge in [-0.3, -0.25) is 0 Å². The molecule has 1 atom stereocenters. The Morgan fingerprint density at radius 1 is 1.17 bits per heavy atom. The van der Waals surface area contributed by atoms with Crippen LogP contribution < -0.4 is 5.32 Å². The zero-order chi connectivity index (χ0) is 13.1. The van der Waals surface area contributed by atoms with Gasteiger partial charge in [-0.05, 0) is 74.4 Å². The number of rotatable bonds is 4. The van der Waals surface area contributed by atoms with E-state index in [1.165, 1.54) is 36.1 Å². The van der Waals surface area contributed by atoms with E-state index in [0.717, 1.165) is 17.8 Å². The summed E-state index contributed by atoms with van der Waals surface area (Å²) in [6, 6.07) is 2.89. The van der Waals surface area contributed by atoms with Gasteiger partial charge < -0.3 is 5.32 Å². The van der Waals surface area contributed by atoms with Gasteiger partial charge in [0.2, 0.25) is 0 Å². The summed E-state index contributed by atoms with van der Waals surface area (Å²) in [7, 11) is 2.12. The van der Waals surface area contributed by atoms with Crippen molar-refractivity contribution >= 4 is 11.3 Å². The molecule has 1 heterocycles. The smallest absolute Gasteiger partial charge is 0.0357 e. The number of hydrogen-bond acceptors (Lipinski definition) is 2. The largest absolute Gasteiger partial charge is 0.313 e. The van der Waals surface area contributed by atoms with E-state index >= 15 is 0 Å². The standard InChI is InChI=1S/C16H27NS/c1-11(2)13-5-7-14(8-6-13)16(17-4)15-9-10-18-12(15)3/h9-11,13-14,16-17H,5-8H2,1-4H3. The first kappa shape index (κ1) is 14.1. The quantitative estimate of drug-likeness (QED) is 0.826. The normalized spacial score (nSPS) is 26.5. The summed E-state index contributed by atoms with van der Waals surface area (Å²) in [5.74, 6) is 2.66. The fraction of sp³-hybridized carbons (Fsp3) is 0.750. The Morgan fingerprint density at radius 2 is 1.78 bits per heavy atom. The Kier molecular flexibility index (Phi) is 4.85. The van der Waals surface area contributed by atoms with Crippen LogP contribution in [0.4, 0.5) is 0 Å². The van der Waals surface area contributed by atoms with Crippen molar-refractivity contribution in [2.75, 3.05) is 7.05 Å². The summed E-state index contributed by atoms with van der Waals surface area (Å²) in [5.41, 5.74) is 1.54. The Bertz CT molecular complexity index is 361. The fourth-order valence-electron chi connectivity index (χ4n) is 3.51. The van der Waals surface area contributed by atoms with Crippen LogP contribution in [0.1, 0.15) is 56.0 Å². The van der Waals surface area contributed by atoms with Crippen molar-refractivity contribution in [3.63, 3.8) is 0 Å². The maximum atomic E-state index is 3.57. The first-order valence-corrected chi connectivity index (χ1v) is 8.22. The molecule has 0 aromatic carbocycles. The van der Waals surface area contributed by atoms with E-state index in [4.69, 9.17) is 0 Å². The lowest BCUT2D eigenvalue weighted by atomic mass is 9.73. The summed E-state index contributed by atoms with van der Waals surface area (Å²) >= 11 is 1.88. The minimum absolute atomic E-state index is 0.573. The van der Waals surface area contributed by atoms with Crippen molar-refractivity contribution in [2.45, 2.75) is 52.5 Å². The second kappa shape index (κ2) is 6.21. The van der Waals surface area contributed by atoms with Gasteiger partial charge in [-0.15, -0.1) is 11.3 Å². The van der Waals surface area contributed by atoms with E-state index in [9.17, 15) is 0 Å². The van der Waals surface area contributed by atoms with Crippen molar-refractivity contribution in [1.29, 1.82) is 0 Å². The summed E-state index contributed by atoms with van der Waals surface area (Å²) in [6.45, 7) is 7.01. The first-order valence-electron chi connectivity index (χ1n) is 7.34. The predicted octanol–water partition coefficient (Wildman–Crippen LogP) is 4.78. The van der Waals surface area contributed by atoms with E-state index in [2.05, 4.69) is 44.6 Å². The Labute approximate surface area is 116 Å². The van der Waals surface area contributed by atoms with Crippen molar-refractivity contribution in [2.24, 2.45) is 17.8 Å². The Hall–Kier alpha value is -0.340. The molecule has 1 aromatic heterocycles. The van der Waals surface area contributed by atoms with Gasteiger partial charge in [-0.1, -0.05) is 13.8 Å². The van der Waals surface area contributed by atoms with E-state index in [0.29, 0.717) is 6.04 Å². The molecular formula is C16H27NS. The lowest BCUT2D eigenvalue weighted by molar-refractivity contribution is 0.192. The van der Waals surface area contributed by atoms with Gasteiger partial charge >= 0.3 is 0 Å². The molecule has 0 saturated heterocycles. The highest BCUT2D eigenvalue weighted by Crippen LogP contribution is 2.40. The summed E-state index contributed by atoms with van der Waals surface area (Å²) in [5, 5.41) is 5.80. The van der Waals surface area contributed by atoms with Crippen molar-refractivity contribution in [1.82, 2.24) is 5.32 Å². The van der Waals surface area contributed by atoms with Crippen LogP contribution in [-0.4, -0.2) is 7.05 Å². The predicted molar refractivity (Wildman–Crippen MR) is 81.1 cm³/mol. The van der Waals surface area contributed by atoms with E-state index < -0.39 is 0 Å². The third-order valence-electron chi connectivity index (χ3n) is 4.78. The van der Waals surface area contributed by atoms with Crippen molar-refractivity contribution in [3.8, 4) is 0 Å². The number of nitrogens with one attached hydrogen (secondary N) is 1. The van der Waals surface area contributed by atoms with Gasteiger partial charge in [0, 0.05) is 10.9 Å². The molecule has 0 radical (unpaired) electrons. The first-order chi connectivity index (χ1) is 8.63. The van der Waals surface area contributed by atoms with Crippen LogP contribution >= 0.6 is 11.3 Å². The molecule has 0 amide bonds. The zero-order valence-corrected chi connectivity index (χ0v) is 13.0. The molecule has 1 unspecified atom stereocenters. The van der Waals surface area contributed by atoms with Crippen LogP contribution in [0, 0.1) is 24.7 Å². The minimum atomic E-state index is 0.573. The molecule has 1 N–H and O–H groups in total. The van der Waals surface area contributed by atoms with E-state index in [1.807, 2.05) is 11.3 Å². The average molecular weight is 265 g/mol. The van der Waals surface area contributed by atoms with Crippen molar-refractivity contribution < 1.29 is 0 Å². The molecular weight excluding hydrogens is 238 g/mol. The molecule has 1 nitrogen and oxygen atoms in total. The average Bonchev–Trinajstić information content (AvgIpc) is 2.78. The molecule has 18 heavy (non-hydrogen) atoms. The van der Waals surface area contributed by atoms with Gasteiger partial charge in [-0.25, -0.2) is 0 Å². The summed E-state index contributed by atoms with van der Waals surface area (Å²) in [4.78, 5) is 1.49. The molecule has 1 aromatic rings. The summed E-state index contributed by atoms with van der Waals surface area (Å²) in [6.07, 6.45) is 5.63. The van der Waals surface area contributed by atoms with E-state index in [-0.39, 0.29) is 0 Å². The van der Waals surface area contributed by atoms with E-state index in [1.54, 1.807) is 0 Å². The monoisotopic (exact) mass is 265 g/mol. The number of aryl methyl sites for hydroxylation is 1. The van der Waals surface area contributed by atoms with Gasteiger partial charge in [0.1, 0.15) is 0 Å². The van der Waals surface area contributed by atoms with Gasteiger partial charge in [0.05, 0.1) is 0 Å². The lowest BCUT2D eigenvalue weighted by Gasteiger charge is -2.35. The highest BCUT2D eigenvalue weighted by atomic mass is 32.1. The maximum absolute atomic E-state index is 3.57. The van der Waals surface area contributed by atoms with Gasteiger partial charge in [0.25, 0.3) is 0 Å². The molecule has 1 fully saturated rings. The van der Waals surface area contributed by atoms with Crippen LogP contribution in [0.2, 0.25) is 0 Å². The van der Waals surface area contributed by atoms with Crippen LogP contribution in [0.3, 0.4) is 0 Å².